The highest BCUT2D eigenvalue weighted by Crippen LogP contribution is 2.33. The second-order valence-electron chi connectivity index (χ2n) is 8.45. The number of aryl methyl sites for hydroxylation is 1. The number of hydrogen-bond donors (Lipinski definition) is 2. The number of nitrogens with zero attached hydrogens (tertiary/aromatic N) is 2. The first kappa shape index (κ1) is 20.4. The number of benzene rings is 1. The highest BCUT2D eigenvalue weighted by molar-refractivity contribution is 5.88. The molecule has 1 fully saturated rings. The van der Waals surface area contributed by atoms with Crippen LogP contribution >= 0.6 is 0 Å². The minimum absolute atomic E-state index is 0.0141. The highest BCUT2D eigenvalue weighted by atomic mass is 16.4. The van der Waals surface area contributed by atoms with Gasteiger partial charge in [-0.1, -0.05) is 6.07 Å². The van der Waals surface area contributed by atoms with E-state index >= 15 is 0 Å². The first-order chi connectivity index (χ1) is 12.0. The van der Waals surface area contributed by atoms with Crippen LogP contribution in [-0.4, -0.2) is 57.7 Å². The molecule has 0 spiro atoms. The highest BCUT2D eigenvalue weighted by Gasteiger charge is 2.54. The van der Waals surface area contributed by atoms with Crippen LogP contribution in [0.15, 0.2) is 18.2 Å². The standard InChI is InChI=1S/C20H31N3O3/c1-14-11-18(21-16(3)24)8-7-17(14)13-22-9-10-23(19(25)26,15(2)12-22)20(4,5)6/h7-8,11,15H,9-10,12-13H2,1-6H3,(H-,21,24,25,26)/p+1/t15-,23?/m0/s1. The number of amides is 2. The molecular formula is C20H32N3O3+. The normalized spacial score (nSPS) is 24.3. The molecule has 1 aromatic carbocycles. The van der Waals surface area contributed by atoms with Gasteiger partial charge >= 0.3 is 6.09 Å². The minimum Gasteiger partial charge on any atom is -0.435 e. The van der Waals surface area contributed by atoms with E-state index in [1.807, 2.05) is 52.8 Å². The quantitative estimate of drug-likeness (QED) is 0.808. The molecular weight excluding hydrogens is 330 g/mol. The van der Waals surface area contributed by atoms with E-state index in [0.717, 1.165) is 30.9 Å². The summed E-state index contributed by atoms with van der Waals surface area (Å²) in [6, 6.07) is 5.96. The van der Waals surface area contributed by atoms with E-state index < -0.39 is 6.09 Å². The smallest absolute Gasteiger partial charge is 0.435 e. The Morgan fingerprint density at radius 1 is 1.35 bits per heavy atom. The number of piperazine rings is 1. The molecule has 0 saturated carbocycles. The second kappa shape index (κ2) is 7.37. The average molecular weight is 362 g/mol. The lowest BCUT2D eigenvalue weighted by atomic mass is 9.95. The second-order valence-corrected chi connectivity index (χ2v) is 8.45. The fourth-order valence-corrected chi connectivity index (χ4v) is 4.23. The largest absolute Gasteiger partial charge is 0.514 e. The van der Waals surface area contributed by atoms with Crippen molar-refractivity contribution in [3.8, 4) is 0 Å². The number of anilines is 1. The van der Waals surface area contributed by atoms with E-state index in [0.29, 0.717) is 6.54 Å². The van der Waals surface area contributed by atoms with E-state index in [4.69, 9.17) is 0 Å². The van der Waals surface area contributed by atoms with Crippen LogP contribution in [0.4, 0.5) is 10.5 Å². The number of quaternary nitrogens is 1. The summed E-state index contributed by atoms with van der Waals surface area (Å²) in [5, 5.41) is 12.7. The van der Waals surface area contributed by atoms with Gasteiger partial charge in [0.1, 0.15) is 18.1 Å². The van der Waals surface area contributed by atoms with Crippen molar-refractivity contribution in [2.75, 3.05) is 25.0 Å². The maximum Gasteiger partial charge on any atom is 0.514 e. The van der Waals surface area contributed by atoms with Crippen molar-refractivity contribution >= 4 is 17.7 Å². The zero-order valence-electron chi connectivity index (χ0n) is 16.8. The maximum atomic E-state index is 12.1. The van der Waals surface area contributed by atoms with Gasteiger partial charge in [-0.2, -0.15) is 4.79 Å². The fraction of sp³-hybridized carbons (Fsp3) is 0.600. The van der Waals surface area contributed by atoms with E-state index in [1.165, 1.54) is 12.5 Å². The number of carbonyl (C=O) groups excluding carboxylic acids is 1. The van der Waals surface area contributed by atoms with Gasteiger partial charge in [0.15, 0.2) is 0 Å². The van der Waals surface area contributed by atoms with Crippen molar-refractivity contribution in [3.63, 3.8) is 0 Å². The van der Waals surface area contributed by atoms with Crippen LogP contribution in [0.25, 0.3) is 0 Å². The summed E-state index contributed by atoms with van der Waals surface area (Å²) in [7, 11) is 0. The molecule has 6 heteroatoms. The third kappa shape index (κ3) is 3.91. The van der Waals surface area contributed by atoms with Gasteiger partial charge in [0.05, 0.1) is 6.54 Å². The molecule has 6 nitrogen and oxygen atoms in total. The predicted molar refractivity (Wildman–Crippen MR) is 103 cm³/mol. The van der Waals surface area contributed by atoms with Crippen LogP contribution in [0, 0.1) is 6.92 Å². The van der Waals surface area contributed by atoms with E-state index in [-0.39, 0.29) is 22.0 Å². The molecule has 1 aliphatic rings. The van der Waals surface area contributed by atoms with Crippen molar-refractivity contribution < 1.29 is 19.2 Å². The Morgan fingerprint density at radius 3 is 2.46 bits per heavy atom. The SMILES string of the molecule is CC(=O)Nc1ccc(CN2CC[N+](C(=O)O)(C(C)(C)C)[C@@H](C)C2)c(C)c1. The lowest BCUT2D eigenvalue weighted by molar-refractivity contribution is -0.929. The molecule has 1 aliphatic heterocycles. The van der Waals surface area contributed by atoms with Crippen LogP contribution < -0.4 is 5.32 Å². The van der Waals surface area contributed by atoms with Gasteiger partial charge in [0.25, 0.3) is 0 Å². The number of carbonyl (C=O) groups is 2. The molecule has 2 rings (SSSR count). The summed E-state index contributed by atoms with van der Waals surface area (Å²) in [6.45, 7) is 14.5. The molecule has 144 valence electrons. The third-order valence-corrected chi connectivity index (χ3v) is 5.64. The molecule has 0 aromatic heterocycles. The van der Waals surface area contributed by atoms with Crippen molar-refractivity contribution in [3.05, 3.63) is 29.3 Å². The van der Waals surface area contributed by atoms with Gasteiger partial charge < -0.3 is 10.4 Å². The minimum atomic E-state index is -0.736. The van der Waals surface area contributed by atoms with Gasteiger partial charge in [0, 0.05) is 25.7 Å². The average Bonchev–Trinajstić information content (AvgIpc) is 2.48. The molecule has 1 aromatic rings. The Labute approximate surface area is 156 Å². The monoisotopic (exact) mass is 362 g/mol. The molecule has 1 unspecified atom stereocenters. The van der Waals surface area contributed by atoms with Gasteiger partial charge in [-0.3, -0.25) is 9.69 Å². The van der Waals surface area contributed by atoms with Gasteiger partial charge in [-0.15, -0.1) is 0 Å². The topological polar surface area (TPSA) is 69.6 Å². The van der Waals surface area contributed by atoms with Crippen molar-refractivity contribution in [1.82, 2.24) is 4.90 Å². The van der Waals surface area contributed by atoms with Gasteiger partial charge in [-0.05, 0) is 57.9 Å². The van der Waals surface area contributed by atoms with Crippen LogP contribution in [0.5, 0.6) is 0 Å². The first-order valence-electron chi connectivity index (χ1n) is 9.18. The van der Waals surface area contributed by atoms with Crippen LogP contribution in [0.3, 0.4) is 0 Å². The predicted octanol–water partition coefficient (Wildman–Crippen LogP) is 3.45. The summed E-state index contributed by atoms with van der Waals surface area (Å²) in [6.07, 6.45) is -0.736. The van der Waals surface area contributed by atoms with Crippen molar-refractivity contribution in [2.24, 2.45) is 0 Å². The Bertz CT molecular complexity index is 696. The third-order valence-electron chi connectivity index (χ3n) is 5.64. The van der Waals surface area contributed by atoms with Crippen LogP contribution in [-0.2, 0) is 11.3 Å². The van der Waals surface area contributed by atoms with E-state index in [1.54, 1.807) is 0 Å². The Balaban J connectivity index is 2.12. The fourth-order valence-electron chi connectivity index (χ4n) is 4.23. The van der Waals surface area contributed by atoms with Crippen LogP contribution in [0.1, 0.15) is 45.7 Å². The van der Waals surface area contributed by atoms with E-state index in [2.05, 4.69) is 10.2 Å². The number of nitrogens with one attached hydrogen (secondary N) is 1. The lowest BCUT2D eigenvalue weighted by Gasteiger charge is -2.52. The lowest BCUT2D eigenvalue weighted by Crippen LogP contribution is -2.73. The van der Waals surface area contributed by atoms with Crippen LogP contribution in [0.2, 0.25) is 0 Å². The molecule has 26 heavy (non-hydrogen) atoms. The molecule has 0 radical (unpaired) electrons. The summed E-state index contributed by atoms with van der Waals surface area (Å²) < 4.78 is 0.101. The summed E-state index contributed by atoms with van der Waals surface area (Å²) in [4.78, 5) is 25.6. The molecule has 2 N–H and O–H groups in total. The molecule has 0 aliphatic carbocycles. The summed E-state index contributed by atoms with van der Waals surface area (Å²) in [5.41, 5.74) is 2.80. The molecule has 0 bridgehead atoms. The van der Waals surface area contributed by atoms with Gasteiger partial charge in [0.2, 0.25) is 5.91 Å². The van der Waals surface area contributed by atoms with Crippen molar-refractivity contribution in [2.45, 2.75) is 59.7 Å². The number of rotatable bonds is 3. The Morgan fingerprint density at radius 2 is 2.00 bits per heavy atom. The summed E-state index contributed by atoms with van der Waals surface area (Å²) >= 11 is 0. The number of carboxylic acid groups (broad SMARTS) is 1. The zero-order valence-corrected chi connectivity index (χ0v) is 16.8. The molecule has 1 saturated heterocycles. The molecule has 1 heterocycles. The first-order valence-corrected chi connectivity index (χ1v) is 9.18. The number of hydrogen-bond acceptors (Lipinski definition) is 3. The van der Waals surface area contributed by atoms with E-state index in [9.17, 15) is 14.7 Å². The summed E-state index contributed by atoms with van der Waals surface area (Å²) in [5.74, 6) is -0.0769. The zero-order chi connectivity index (χ0) is 19.7. The van der Waals surface area contributed by atoms with Gasteiger partial charge in [-0.25, -0.2) is 4.48 Å². The van der Waals surface area contributed by atoms with Crippen molar-refractivity contribution in [1.29, 1.82) is 0 Å². The maximum absolute atomic E-state index is 12.1. The Kier molecular flexibility index (Phi) is 5.78. The molecule has 2 atom stereocenters. The molecule has 2 amide bonds. The Hall–Kier alpha value is -1.92.